The highest BCUT2D eigenvalue weighted by atomic mass is 127. The minimum atomic E-state index is -1.44. The first-order valence-electron chi connectivity index (χ1n) is 7.79. The molecule has 2 aromatic carbocycles. The third-order valence-corrected chi connectivity index (χ3v) is 4.15. The van der Waals surface area contributed by atoms with Crippen molar-refractivity contribution in [2.45, 2.75) is 13.2 Å². The lowest BCUT2D eigenvalue weighted by atomic mass is 10.1. The summed E-state index contributed by atoms with van der Waals surface area (Å²) in [5.74, 6) is -5.12. The lowest BCUT2D eigenvalue weighted by Gasteiger charge is -2.19. The van der Waals surface area contributed by atoms with E-state index < -0.39 is 46.6 Å². The Morgan fingerprint density at radius 1 is 1.30 bits per heavy atom. The van der Waals surface area contributed by atoms with Gasteiger partial charge in [0.05, 0.1) is 23.5 Å². The molecule has 6 nitrogen and oxygen atoms in total. The molecule has 5 N–H and O–H groups in total. The molecule has 27 heavy (non-hydrogen) atoms. The quantitative estimate of drug-likeness (QED) is 0.334. The molecule has 2 rings (SSSR count). The molecule has 0 saturated carbocycles. The number of nitrogens with one attached hydrogen (secondary N) is 2. The summed E-state index contributed by atoms with van der Waals surface area (Å²) in [6, 6.07) is 5.00. The van der Waals surface area contributed by atoms with E-state index in [9.17, 15) is 18.0 Å². The van der Waals surface area contributed by atoms with Crippen LogP contribution in [-0.2, 0) is 0 Å². The maximum atomic E-state index is 14.6. The summed E-state index contributed by atoms with van der Waals surface area (Å²) < 4.78 is 48.8. The number of benzene rings is 2. The topological polar surface area (TPSA) is 96.6 Å². The minimum Gasteiger partial charge on any atom is -0.472 e. The van der Waals surface area contributed by atoms with Gasteiger partial charge < -0.3 is 20.9 Å². The average molecular weight is 495 g/mol. The maximum absolute atomic E-state index is 14.6. The third-order valence-electron chi connectivity index (χ3n) is 3.48. The zero-order chi connectivity index (χ0) is 20.1. The van der Waals surface area contributed by atoms with Crippen LogP contribution in [0.5, 0.6) is 5.75 Å². The van der Waals surface area contributed by atoms with Crippen LogP contribution < -0.4 is 21.1 Å². The molecule has 1 amide bonds. The van der Waals surface area contributed by atoms with Gasteiger partial charge in [-0.2, -0.15) is 4.39 Å². The fraction of sp³-hybridized carbons (Fsp3) is 0.235. The fourth-order valence-electron chi connectivity index (χ4n) is 2.23. The number of anilines is 2. The normalized spacial score (nSPS) is 11.9. The van der Waals surface area contributed by atoms with E-state index in [0.717, 1.165) is 6.07 Å². The number of carbonyl (C=O) groups excluding carboxylic acids is 1. The van der Waals surface area contributed by atoms with Crippen LogP contribution in [0.25, 0.3) is 0 Å². The lowest BCUT2D eigenvalue weighted by molar-refractivity contribution is 0.0999. The highest BCUT2D eigenvalue weighted by Gasteiger charge is 2.24. The molecular weight excluding hydrogens is 478 g/mol. The van der Waals surface area contributed by atoms with Gasteiger partial charge in [-0.15, -0.1) is 0 Å². The van der Waals surface area contributed by atoms with Gasteiger partial charge in [0.15, 0.2) is 11.6 Å². The van der Waals surface area contributed by atoms with E-state index in [1.54, 1.807) is 6.07 Å². The molecule has 146 valence electrons. The number of hydrogen-bond acceptors (Lipinski definition) is 5. The van der Waals surface area contributed by atoms with Crippen molar-refractivity contribution in [3.63, 3.8) is 0 Å². The first kappa shape index (κ1) is 21.3. The molecule has 10 heteroatoms. The van der Waals surface area contributed by atoms with Gasteiger partial charge in [0.2, 0.25) is 5.82 Å². The second kappa shape index (κ2) is 9.24. The van der Waals surface area contributed by atoms with E-state index in [1.165, 1.54) is 19.1 Å². The van der Waals surface area contributed by atoms with Crippen molar-refractivity contribution in [2.75, 3.05) is 18.5 Å². The predicted molar refractivity (Wildman–Crippen MR) is 102 cm³/mol. The zero-order valence-corrected chi connectivity index (χ0v) is 16.3. The monoisotopic (exact) mass is 495 g/mol. The van der Waals surface area contributed by atoms with Crippen LogP contribution in [0.4, 0.5) is 24.5 Å². The molecule has 1 unspecified atom stereocenters. The van der Waals surface area contributed by atoms with E-state index >= 15 is 0 Å². The summed E-state index contributed by atoms with van der Waals surface area (Å²) in [6.07, 6.45) is -0.778. The molecule has 0 aliphatic rings. The van der Waals surface area contributed by atoms with Gasteiger partial charge in [-0.25, -0.2) is 8.78 Å². The van der Waals surface area contributed by atoms with Gasteiger partial charge >= 0.3 is 0 Å². The summed E-state index contributed by atoms with van der Waals surface area (Å²) >= 11 is 1.89. The van der Waals surface area contributed by atoms with E-state index in [4.69, 9.17) is 15.6 Å². The summed E-state index contributed by atoms with van der Waals surface area (Å²) in [4.78, 5) is 11.7. The van der Waals surface area contributed by atoms with Gasteiger partial charge in [-0.1, -0.05) is 0 Å². The summed E-state index contributed by atoms with van der Waals surface area (Å²) in [5.41, 5.74) is 4.11. The number of halogens is 4. The Balaban J connectivity index is 2.43. The van der Waals surface area contributed by atoms with Crippen molar-refractivity contribution in [2.24, 2.45) is 5.73 Å². The van der Waals surface area contributed by atoms with Crippen molar-refractivity contribution < 1.29 is 27.8 Å². The Hall–Kier alpha value is -2.05. The van der Waals surface area contributed by atoms with Crippen molar-refractivity contribution in [3.05, 3.63) is 50.9 Å². The molecule has 0 spiro atoms. The lowest BCUT2D eigenvalue weighted by Crippen LogP contribution is -2.34. The van der Waals surface area contributed by atoms with E-state index in [2.05, 4.69) is 10.6 Å². The number of amides is 1. The van der Waals surface area contributed by atoms with E-state index in [0.29, 0.717) is 3.57 Å². The van der Waals surface area contributed by atoms with Gasteiger partial charge in [0, 0.05) is 10.1 Å². The number of aliphatic hydroxyl groups excluding tert-OH is 1. The second-order valence-corrected chi connectivity index (χ2v) is 6.72. The number of carbonyl (C=O) groups is 1. The maximum Gasteiger partial charge on any atom is 0.251 e. The fourth-order valence-corrected chi connectivity index (χ4v) is 2.68. The number of primary amides is 1. The Morgan fingerprint density at radius 3 is 2.59 bits per heavy atom. The summed E-state index contributed by atoms with van der Waals surface area (Å²) in [6.45, 7) is 1.49. The van der Waals surface area contributed by atoms with Crippen molar-refractivity contribution in [1.82, 2.24) is 5.32 Å². The van der Waals surface area contributed by atoms with Crippen LogP contribution in [0.15, 0.2) is 24.3 Å². The highest BCUT2D eigenvalue weighted by molar-refractivity contribution is 14.1. The van der Waals surface area contributed by atoms with Crippen molar-refractivity contribution in [3.8, 4) is 5.75 Å². The van der Waals surface area contributed by atoms with Crippen LogP contribution >= 0.6 is 22.6 Å². The molecule has 0 fully saturated rings. The largest absolute Gasteiger partial charge is 0.472 e. The van der Waals surface area contributed by atoms with Gasteiger partial charge in [-0.05, 0) is 53.8 Å². The zero-order valence-electron chi connectivity index (χ0n) is 14.2. The Bertz CT molecular complexity index is 852. The number of nitrogens with two attached hydrogens (primary N) is 1. The summed E-state index contributed by atoms with van der Waals surface area (Å²) in [7, 11) is 0. The molecule has 0 radical (unpaired) electrons. The van der Waals surface area contributed by atoms with Crippen LogP contribution in [0, 0.1) is 21.0 Å². The summed E-state index contributed by atoms with van der Waals surface area (Å²) in [5, 5.41) is 13.8. The predicted octanol–water partition coefficient (Wildman–Crippen LogP) is 2.86. The first-order chi connectivity index (χ1) is 12.7. The van der Waals surface area contributed by atoms with Gasteiger partial charge in [-0.3, -0.25) is 10.1 Å². The number of rotatable bonds is 8. The molecule has 0 aliphatic carbocycles. The molecule has 0 aliphatic heterocycles. The third kappa shape index (κ3) is 5.23. The average Bonchev–Trinajstić information content (AvgIpc) is 2.61. The van der Waals surface area contributed by atoms with Crippen LogP contribution in [0.1, 0.15) is 17.3 Å². The number of ether oxygens (including phenoxy) is 1. The highest BCUT2D eigenvalue weighted by Crippen LogP contribution is 2.33. The molecular formula is C17H17F3IN3O3. The van der Waals surface area contributed by atoms with Gasteiger partial charge in [0.25, 0.3) is 5.91 Å². The van der Waals surface area contributed by atoms with E-state index in [-0.39, 0.29) is 18.8 Å². The standard InChI is InChI=1S/C17H17F3IN3O3/c1-8(23-4-5-25)27-13-7-10(17(22)26)16(15(20)14(13)19)24-12-3-2-9(21)6-11(12)18/h2-3,6-8,23-25H,4-5H2,1H3,(H2,22,26). The van der Waals surface area contributed by atoms with Crippen LogP contribution in [-0.4, -0.2) is 30.4 Å². The van der Waals surface area contributed by atoms with Crippen LogP contribution in [0.3, 0.4) is 0 Å². The molecule has 0 saturated heterocycles. The molecule has 0 aromatic heterocycles. The number of hydrogen-bond donors (Lipinski definition) is 4. The van der Waals surface area contributed by atoms with Crippen molar-refractivity contribution in [1.29, 1.82) is 0 Å². The Kier molecular flexibility index (Phi) is 7.27. The Labute approximate surface area is 167 Å². The molecule has 0 bridgehead atoms. The van der Waals surface area contributed by atoms with Crippen LogP contribution in [0.2, 0.25) is 0 Å². The number of aliphatic hydroxyl groups is 1. The van der Waals surface area contributed by atoms with Gasteiger partial charge in [0.1, 0.15) is 12.0 Å². The Morgan fingerprint density at radius 2 is 2.00 bits per heavy atom. The minimum absolute atomic E-state index is 0.150. The van der Waals surface area contributed by atoms with Crippen molar-refractivity contribution >= 4 is 39.9 Å². The molecule has 0 heterocycles. The van der Waals surface area contributed by atoms with E-state index in [1.807, 2.05) is 22.6 Å². The first-order valence-corrected chi connectivity index (χ1v) is 8.87. The molecule has 2 aromatic rings. The molecule has 1 atom stereocenters. The second-order valence-electron chi connectivity index (χ2n) is 5.48. The SMILES string of the molecule is CC(NCCO)Oc1cc(C(N)=O)c(Nc2ccc(I)cc2F)c(F)c1F. The smallest absolute Gasteiger partial charge is 0.251 e.